The van der Waals surface area contributed by atoms with Gasteiger partial charge >= 0.3 is 0 Å². The molecule has 0 aromatic carbocycles. The van der Waals surface area contributed by atoms with Gasteiger partial charge in [0.25, 0.3) is 0 Å². The van der Waals surface area contributed by atoms with Crippen LogP contribution in [0.5, 0.6) is 0 Å². The van der Waals surface area contributed by atoms with Crippen molar-refractivity contribution in [2.75, 3.05) is 18.4 Å². The minimum atomic E-state index is 0.477. The van der Waals surface area contributed by atoms with E-state index in [9.17, 15) is 0 Å². The summed E-state index contributed by atoms with van der Waals surface area (Å²) in [7, 11) is 0. The standard InChI is InChI=1S/C12H14N6/c1-4-14-11(15-5-1)18-12-16-7-3-10(17-12)9-2-6-13-8-9/h1,3-5,7,9,13H,2,6,8H2,(H,14,15,16,17,18). The summed E-state index contributed by atoms with van der Waals surface area (Å²) in [6, 6.07) is 3.74. The van der Waals surface area contributed by atoms with E-state index in [-0.39, 0.29) is 0 Å². The molecule has 0 amide bonds. The van der Waals surface area contributed by atoms with Crippen molar-refractivity contribution >= 4 is 11.9 Å². The van der Waals surface area contributed by atoms with Crippen LogP contribution in [0.15, 0.2) is 30.7 Å². The van der Waals surface area contributed by atoms with Gasteiger partial charge in [-0.3, -0.25) is 5.32 Å². The van der Waals surface area contributed by atoms with Crippen LogP contribution in [0.2, 0.25) is 0 Å². The van der Waals surface area contributed by atoms with Crippen LogP contribution in [0.25, 0.3) is 0 Å². The molecule has 2 N–H and O–H groups in total. The zero-order valence-corrected chi connectivity index (χ0v) is 9.87. The van der Waals surface area contributed by atoms with E-state index in [0.717, 1.165) is 25.2 Å². The van der Waals surface area contributed by atoms with Crippen molar-refractivity contribution in [1.82, 2.24) is 25.3 Å². The average Bonchev–Trinajstić information content (AvgIpc) is 2.94. The normalized spacial score (nSPS) is 18.8. The maximum absolute atomic E-state index is 4.51. The Morgan fingerprint density at radius 1 is 1.11 bits per heavy atom. The minimum absolute atomic E-state index is 0.477. The van der Waals surface area contributed by atoms with Gasteiger partial charge in [0.05, 0.1) is 5.69 Å². The van der Waals surface area contributed by atoms with Crippen molar-refractivity contribution in [3.05, 3.63) is 36.4 Å². The molecule has 1 fully saturated rings. The maximum Gasteiger partial charge on any atom is 0.229 e. The zero-order valence-electron chi connectivity index (χ0n) is 9.87. The molecule has 92 valence electrons. The first-order valence-electron chi connectivity index (χ1n) is 5.99. The maximum atomic E-state index is 4.51. The Morgan fingerprint density at radius 3 is 2.72 bits per heavy atom. The van der Waals surface area contributed by atoms with E-state index in [2.05, 4.69) is 30.6 Å². The summed E-state index contributed by atoms with van der Waals surface area (Å²) in [6.45, 7) is 2.04. The molecule has 0 saturated carbocycles. The van der Waals surface area contributed by atoms with E-state index < -0.39 is 0 Å². The first kappa shape index (κ1) is 11.0. The second kappa shape index (κ2) is 5.05. The number of rotatable bonds is 3. The van der Waals surface area contributed by atoms with Gasteiger partial charge in [-0.15, -0.1) is 0 Å². The average molecular weight is 242 g/mol. The molecule has 18 heavy (non-hydrogen) atoms. The third kappa shape index (κ3) is 2.43. The number of hydrogen-bond donors (Lipinski definition) is 2. The second-order valence-corrected chi connectivity index (χ2v) is 4.19. The molecule has 2 aromatic heterocycles. The van der Waals surface area contributed by atoms with Gasteiger partial charge in [0, 0.05) is 31.1 Å². The lowest BCUT2D eigenvalue weighted by Gasteiger charge is -2.09. The Morgan fingerprint density at radius 2 is 1.94 bits per heavy atom. The van der Waals surface area contributed by atoms with Crippen LogP contribution < -0.4 is 10.6 Å². The number of aromatic nitrogens is 4. The van der Waals surface area contributed by atoms with Gasteiger partial charge in [0.1, 0.15) is 0 Å². The van der Waals surface area contributed by atoms with E-state index >= 15 is 0 Å². The first-order chi connectivity index (χ1) is 8.92. The molecule has 0 aliphatic carbocycles. The summed E-state index contributed by atoms with van der Waals surface area (Å²) < 4.78 is 0. The van der Waals surface area contributed by atoms with Crippen LogP contribution in [0, 0.1) is 0 Å². The molecule has 6 heteroatoms. The van der Waals surface area contributed by atoms with Crippen LogP contribution in [0.1, 0.15) is 18.0 Å². The van der Waals surface area contributed by atoms with Crippen molar-refractivity contribution < 1.29 is 0 Å². The summed E-state index contributed by atoms with van der Waals surface area (Å²) in [5.41, 5.74) is 1.06. The summed E-state index contributed by atoms with van der Waals surface area (Å²) >= 11 is 0. The Labute approximate surface area is 105 Å². The quantitative estimate of drug-likeness (QED) is 0.839. The lowest BCUT2D eigenvalue weighted by molar-refractivity contribution is 0.732. The van der Waals surface area contributed by atoms with Crippen molar-refractivity contribution in [1.29, 1.82) is 0 Å². The van der Waals surface area contributed by atoms with E-state index in [4.69, 9.17) is 0 Å². The molecule has 3 heterocycles. The molecule has 1 unspecified atom stereocenters. The van der Waals surface area contributed by atoms with E-state index in [1.807, 2.05) is 6.07 Å². The predicted molar refractivity (Wildman–Crippen MR) is 67.6 cm³/mol. The molecule has 0 radical (unpaired) electrons. The van der Waals surface area contributed by atoms with Gasteiger partial charge < -0.3 is 5.32 Å². The fraction of sp³-hybridized carbons (Fsp3) is 0.333. The predicted octanol–water partition coefficient (Wildman–Crippen LogP) is 1.09. The molecule has 0 bridgehead atoms. The fourth-order valence-corrected chi connectivity index (χ4v) is 2.03. The first-order valence-corrected chi connectivity index (χ1v) is 5.99. The molecule has 1 aliphatic heterocycles. The van der Waals surface area contributed by atoms with E-state index in [1.54, 1.807) is 24.7 Å². The lowest BCUT2D eigenvalue weighted by Crippen LogP contribution is -2.10. The summed E-state index contributed by atoms with van der Waals surface area (Å²) in [4.78, 5) is 16.9. The lowest BCUT2D eigenvalue weighted by atomic mass is 10.1. The molecule has 1 aliphatic rings. The Bertz CT molecular complexity index is 509. The number of nitrogens with one attached hydrogen (secondary N) is 2. The monoisotopic (exact) mass is 242 g/mol. The molecular weight excluding hydrogens is 228 g/mol. The zero-order chi connectivity index (χ0) is 12.2. The van der Waals surface area contributed by atoms with Gasteiger partial charge in [-0.1, -0.05) is 0 Å². The summed E-state index contributed by atoms with van der Waals surface area (Å²) in [5.74, 6) is 1.54. The highest BCUT2D eigenvalue weighted by atomic mass is 15.2. The number of nitrogens with zero attached hydrogens (tertiary/aromatic N) is 4. The highest BCUT2D eigenvalue weighted by molar-refractivity contribution is 5.41. The van der Waals surface area contributed by atoms with Crippen LogP contribution in [0.3, 0.4) is 0 Å². The third-order valence-electron chi connectivity index (χ3n) is 2.95. The summed E-state index contributed by atoms with van der Waals surface area (Å²) in [6.07, 6.45) is 6.25. The highest BCUT2D eigenvalue weighted by Gasteiger charge is 2.18. The SMILES string of the molecule is c1cnc(Nc2nccc(C3CCNC3)n2)nc1. The van der Waals surface area contributed by atoms with Gasteiger partial charge in [0.2, 0.25) is 11.9 Å². The van der Waals surface area contributed by atoms with Crippen LogP contribution in [-0.4, -0.2) is 33.0 Å². The largest absolute Gasteiger partial charge is 0.316 e. The molecule has 1 atom stereocenters. The van der Waals surface area contributed by atoms with Crippen LogP contribution in [0.4, 0.5) is 11.9 Å². The second-order valence-electron chi connectivity index (χ2n) is 4.19. The van der Waals surface area contributed by atoms with Crippen molar-refractivity contribution in [2.45, 2.75) is 12.3 Å². The highest BCUT2D eigenvalue weighted by Crippen LogP contribution is 2.21. The Balaban J connectivity index is 1.78. The Kier molecular flexibility index (Phi) is 3.10. The van der Waals surface area contributed by atoms with Gasteiger partial charge in [0.15, 0.2) is 0 Å². The molecule has 2 aromatic rings. The molecular formula is C12H14N6. The third-order valence-corrected chi connectivity index (χ3v) is 2.95. The van der Waals surface area contributed by atoms with Crippen molar-refractivity contribution in [3.63, 3.8) is 0 Å². The van der Waals surface area contributed by atoms with E-state index in [0.29, 0.717) is 17.8 Å². The van der Waals surface area contributed by atoms with E-state index in [1.165, 1.54) is 0 Å². The molecule has 1 saturated heterocycles. The van der Waals surface area contributed by atoms with Crippen molar-refractivity contribution in [3.8, 4) is 0 Å². The molecule has 3 rings (SSSR count). The van der Waals surface area contributed by atoms with Crippen molar-refractivity contribution in [2.24, 2.45) is 0 Å². The topological polar surface area (TPSA) is 75.6 Å². The van der Waals surface area contributed by atoms with Crippen LogP contribution in [-0.2, 0) is 0 Å². The minimum Gasteiger partial charge on any atom is -0.316 e. The number of hydrogen-bond acceptors (Lipinski definition) is 6. The van der Waals surface area contributed by atoms with Gasteiger partial charge in [-0.25, -0.2) is 19.9 Å². The van der Waals surface area contributed by atoms with Gasteiger partial charge in [-0.05, 0) is 25.1 Å². The Hall–Kier alpha value is -2.08. The van der Waals surface area contributed by atoms with Gasteiger partial charge in [-0.2, -0.15) is 0 Å². The van der Waals surface area contributed by atoms with Crippen LogP contribution >= 0.6 is 0 Å². The summed E-state index contributed by atoms with van der Waals surface area (Å²) in [5, 5.41) is 6.34. The molecule has 6 nitrogen and oxygen atoms in total. The molecule has 0 spiro atoms. The number of anilines is 2. The fourth-order valence-electron chi connectivity index (χ4n) is 2.03. The smallest absolute Gasteiger partial charge is 0.229 e.